The standard InChI is InChI=1S/C20H42O4S/c1-3-5-6-7-8-9-12-16-19(21)17-13-10-11-14-18-20(15-4-2)25(22,23)24/h19-21H,3-18H2,1-2H3,(H,22,23,24). The van der Waals surface area contributed by atoms with E-state index in [1.807, 2.05) is 6.92 Å². The molecule has 0 spiro atoms. The number of hydrogen-bond donors (Lipinski definition) is 2. The minimum absolute atomic E-state index is 0.179. The molecular formula is C20H42O4S. The first-order valence-corrected chi connectivity index (χ1v) is 12.1. The fraction of sp³-hybridized carbons (Fsp3) is 1.00. The van der Waals surface area contributed by atoms with Crippen LogP contribution >= 0.6 is 0 Å². The summed E-state index contributed by atoms with van der Waals surface area (Å²) < 4.78 is 31.7. The molecule has 25 heavy (non-hydrogen) atoms. The van der Waals surface area contributed by atoms with Crippen LogP contribution in [0, 0.1) is 0 Å². The number of hydrogen-bond acceptors (Lipinski definition) is 3. The summed E-state index contributed by atoms with van der Waals surface area (Å²) in [6.07, 6.45) is 16.2. The van der Waals surface area contributed by atoms with Crippen LogP contribution in [0.4, 0.5) is 0 Å². The Morgan fingerprint density at radius 1 is 0.640 bits per heavy atom. The summed E-state index contributed by atoms with van der Waals surface area (Å²) in [5.74, 6) is 0. The molecule has 2 N–H and O–H groups in total. The number of rotatable bonds is 18. The second-order valence-electron chi connectivity index (χ2n) is 7.48. The Bertz CT molecular complexity index is 381. The summed E-state index contributed by atoms with van der Waals surface area (Å²) in [5, 5.41) is 9.40. The summed E-state index contributed by atoms with van der Waals surface area (Å²) in [6.45, 7) is 4.17. The summed E-state index contributed by atoms with van der Waals surface area (Å²) in [6, 6.07) is 0. The molecule has 0 aliphatic rings. The van der Waals surface area contributed by atoms with Gasteiger partial charge in [0, 0.05) is 0 Å². The van der Waals surface area contributed by atoms with Gasteiger partial charge in [-0.1, -0.05) is 90.9 Å². The summed E-state index contributed by atoms with van der Waals surface area (Å²) in [7, 11) is -3.89. The van der Waals surface area contributed by atoms with E-state index in [9.17, 15) is 18.1 Å². The van der Waals surface area contributed by atoms with Gasteiger partial charge in [-0.25, -0.2) is 0 Å². The maximum absolute atomic E-state index is 11.3. The molecule has 0 saturated heterocycles. The molecule has 0 aliphatic carbocycles. The number of unbranched alkanes of at least 4 members (excludes halogenated alkanes) is 9. The van der Waals surface area contributed by atoms with E-state index in [0.717, 1.165) is 51.4 Å². The first kappa shape index (κ1) is 24.9. The SMILES string of the molecule is CCCCCCCCCC(O)CCCCCCC(CCC)S(=O)(=O)O. The Kier molecular flexibility index (Phi) is 16.0. The van der Waals surface area contributed by atoms with E-state index in [1.54, 1.807) is 0 Å². The van der Waals surface area contributed by atoms with Gasteiger partial charge in [-0.2, -0.15) is 8.42 Å². The van der Waals surface area contributed by atoms with Crippen LogP contribution in [0.15, 0.2) is 0 Å². The smallest absolute Gasteiger partial charge is 0.267 e. The van der Waals surface area contributed by atoms with Crippen molar-refractivity contribution >= 4 is 10.1 Å². The molecule has 0 aromatic carbocycles. The van der Waals surface area contributed by atoms with Crippen molar-refractivity contribution in [2.45, 2.75) is 128 Å². The summed E-state index contributed by atoms with van der Waals surface area (Å²) >= 11 is 0. The lowest BCUT2D eigenvalue weighted by Crippen LogP contribution is -2.20. The van der Waals surface area contributed by atoms with Crippen LogP contribution in [0.5, 0.6) is 0 Å². The van der Waals surface area contributed by atoms with Crippen molar-refractivity contribution in [2.24, 2.45) is 0 Å². The molecule has 0 radical (unpaired) electrons. The molecule has 152 valence electrons. The van der Waals surface area contributed by atoms with E-state index in [2.05, 4.69) is 6.92 Å². The van der Waals surface area contributed by atoms with Crippen LogP contribution in [0.1, 0.15) is 117 Å². The first-order valence-electron chi connectivity index (χ1n) is 10.6. The van der Waals surface area contributed by atoms with E-state index in [1.165, 1.54) is 38.5 Å². The highest BCUT2D eigenvalue weighted by atomic mass is 32.2. The monoisotopic (exact) mass is 378 g/mol. The van der Waals surface area contributed by atoms with Gasteiger partial charge in [0.2, 0.25) is 0 Å². The van der Waals surface area contributed by atoms with Crippen LogP contribution in [0.2, 0.25) is 0 Å². The molecule has 0 aromatic heterocycles. The average Bonchev–Trinajstić information content (AvgIpc) is 2.55. The Hall–Kier alpha value is -0.130. The summed E-state index contributed by atoms with van der Waals surface area (Å²) in [4.78, 5) is 0. The quantitative estimate of drug-likeness (QED) is 0.230. The van der Waals surface area contributed by atoms with Crippen molar-refractivity contribution in [2.75, 3.05) is 0 Å². The fourth-order valence-electron chi connectivity index (χ4n) is 3.35. The molecule has 0 aromatic rings. The third kappa shape index (κ3) is 15.8. The molecule has 5 heteroatoms. The van der Waals surface area contributed by atoms with Crippen molar-refractivity contribution in [3.05, 3.63) is 0 Å². The molecular weight excluding hydrogens is 336 g/mol. The molecule has 0 heterocycles. The van der Waals surface area contributed by atoms with Crippen molar-refractivity contribution in [3.8, 4) is 0 Å². The molecule has 0 rings (SSSR count). The van der Waals surface area contributed by atoms with Gasteiger partial charge in [0.15, 0.2) is 0 Å². The Labute approximate surface area is 156 Å². The highest BCUT2D eigenvalue weighted by molar-refractivity contribution is 7.86. The molecule has 4 nitrogen and oxygen atoms in total. The molecule has 0 aliphatic heterocycles. The topological polar surface area (TPSA) is 74.6 Å². The zero-order chi connectivity index (χ0) is 19.0. The number of aliphatic hydroxyl groups is 1. The van der Waals surface area contributed by atoms with Crippen molar-refractivity contribution in [3.63, 3.8) is 0 Å². The summed E-state index contributed by atoms with van der Waals surface area (Å²) in [5.41, 5.74) is 0. The second kappa shape index (κ2) is 16.1. The van der Waals surface area contributed by atoms with Crippen LogP contribution in [0.3, 0.4) is 0 Å². The van der Waals surface area contributed by atoms with Gasteiger partial charge < -0.3 is 5.11 Å². The van der Waals surface area contributed by atoms with Crippen LogP contribution in [-0.2, 0) is 10.1 Å². The van der Waals surface area contributed by atoms with Gasteiger partial charge in [-0.3, -0.25) is 4.55 Å². The third-order valence-corrected chi connectivity index (χ3v) is 6.30. The second-order valence-corrected chi connectivity index (χ2v) is 9.18. The first-order chi connectivity index (χ1) is 11.9. The van der Waals surface area contributed by atoms with Crippen LogP contribution in [-0.4, -0.2) is 29.4 Å². The number of aliphatic hydroxyl groups excluding tert-OH is 1. The van der Waals surface area contributed by atoms with Gasteiger partial charge in [0.25, 0.3) is 10.1 Å². The van der Waals surface area contributed by atoms with Gasteiger partial charge in [-0.15, -0.1) is 0 Å². The minimum atomic E-state index is -3.89. The zero-order valence-corrected chi connectivity index (χ0v) is 17.4. The van der Waals surface area contributed by atoms with Gasteiger partial charge in [0.1, 0.15) is 0 Å². The average molecular weight is 379 g/mol. The normalized spacial score (nSPS) is 14.6. The van der Waals surface area contributed by atoms with E-state index >= 15 is 0 Å². The fourth-order valence-corrected chi connectivity index (χ4v) is 4.35. The maximum atomic E-state index is 11.3. The molecule has 0 amide bonds. The molecule has 0 fully saturated rings. The third-order valence-electron chi connectivity index (χ3n) is 4.99. The lowest BCUT2D eigenvalue weighted by atomic mass is 10.0. The van der Waals surface area contributed by atoms with E-state index in [0.29, 0.717) is 12.8 Å². The van der Waals surface area contributed by atoms with Crippen LogP contribution < -0.4 is 0 Å². The Morgan fingerprint density at radius 2 is 1.08 bits per heavy atom. The van der Waals surface area contributed by atoms with Crippen molar-refractivity contribution < 1.29 is 18.1 Å². The predicted octanol–water partition coefficient (Wildman–Crippen LogP) is 5.89. The molecule has 2 unspecified atom stereocenters. The van der Waals surface area contributed by atoms with E-state index < -0.39 is 15.4 Å². The van der Waals surface area contributed by atoms with E-state index in [4.69, 9.17) is 0 Å². The van der Waals surface area contributed by atoms with Crippen molar-refractivity contribution in [1.82, 2.24) is 0 Å². The Balaban J connectivity index is 3.52. The zero-order valence-electron chi connectivity index (χ0n) is 16.6. The predicted molar refractivity (Wildman–Crippen MR) is 107 cm³/mol. The van der Waals surface area contributed by atoms with E-state index in [-0.39, 0.29) is 6.10 Å². The van der Waals surface area contributed by atoms with Gasteiger partial charge in [-0.05, 0) is 25.7 Å². The molecule has 0 bridgehead atoms. The highest BCUT2D eigenvalue weighted by Gasteiger charge is 2.21. The maximum Gasteiger partial charge on any atom is 0.267 e. The van der Waals surface area contributed by atoms with Gasteiger partial charge in [0.05, 0.1) is 11.4 Å². The van der Waals surface area contributed by atoms with Crippen molar-refractivity contribution in [1.29, 1.82) is 0 Å². The minimum Gasteiger partial charge on any atom is -0.393 e. The lowest BCUT2D eigenvalue weighted by molar-refractivity contribution is 0.147. The van der Waals surface area contributed by atoms with Gasteiger partial charge >= 0.3 is 0 Å². The highest BCUT2D eigenvalue weighted by Crippen LogP contribution is 2.18. The molecule has 2 atom stereocenters. The lowest BCUT2D eigenvalue weighted by Gasteiger charge is -2.13. The Morgan fingerprint density at radius 3 is 1.52 bits per heavy atom. The largest absolute Gasteiger partial charge is 0.393 e. The molecule has 0 saturated carbocycles. The van der Waals surface area contributed by atoms with Crippen LogP contribution in [0.25, 0.3) is 0 Å².